The maximum absolute atomic E-state index is 12.9. The number of amides is 2. The number of fused-ring (bicyclic) bond motifs is 1. The number of rotatable bonds is 5. The molecule has 1 N–H and O–H groups in total. The number of likely N-dealkylation sites (tertiary alicyclic amines) is 1. The lowest BCUT2D eigenvalue weighted by Gasteiger charge is -2.30. The standard InChI is InChI=1S/C25H23N3O3S2/c1-32-22-9-5-3-7-18(22)26-23(29)19-15-33-24(27-19)16-10-12-28(13-11-16)25(30)21-14-17-6-2-4-8-20(17)31-21/h2-9,14-16H,10-13H2,1H3,(H,26,29). The lowest BCUT2D eigenvalue weighted by atomic mass is 9.97. The summed E-state index contributed by atoms with van der Waals surface area (Å²) in [4.78, 5) is 33.1. The molecule has 2 aromatic heterocycles. The maximum Gasteiger partial charge on any atom is 0.289 e. The topological polar surface area (TPSA) is 75.4 Å². The fourth-order valence-corrected chi connectivity index (χ4v) is 5.61. The third-order valence-corrected chi connectivity index (χ3v) is 7.68. The van der Waals surface area contributed by atoms with Crippen LogP contribution in [0.4, 0.5) is 5.69 Å². The van der Waals surface area contributed by atoms with E-state index in [1.807, 2.05) is 71.1 Å². The number of hydrogen-bond acceptors (Lipinski definition) is 6. The Morgan fingerprint density at radius 1 is 1.12 bits per heavy atom. The van der Waals surface area contributed by atoms with Gasteiger partial charge in [-0.15, -0.1) is 23.1 Å². The zero-order valence-electron chi connectivity index (χ0n) is 18.1. The second-order valence-electron chi connectivity index (χ2n) is 7.94. The van der Waals surface area contributed by atoms with E-state index in [1.54, 1.807) is 11.8 Å². The Hall–Kier alpha value is -3.10. The number of nitrogens with zero attached hydrogens (tertiary/aromatic N) is 2. The highest BCUT2D eigenvalue weighted by atomic mass is 32.2. The first-order valence-electron chi connectivity index (χ1n) is 10.8. The molecule has 3 heterocycles. The Labute approximate surface area is 200 Å². The molecule has 5 rings (SSSR count). The molecule has 2 amide bonds. The highest BCUT2D eigenvalue weighted by Gasteiger charge is 2.28. The van der Waals surface area contributed by atoms with Gasteiger partial charge in [-0.25, -0.2) is 4.98 Å². The molecule has 33 heavy (non-hydrogen) atoms. The van der Waals surface area contributed by atoms with Gasteiger partial charge in [0.2, 0.25) is 0 Å². The number of hydrogen-bond donors (Lipinski definition) is 1. The lowest BCUT2D eigenvalue weighted by molar-refractivity contribution is 0.0683. The van der Waals surface area contributed by atoms with Gasteiger partial charge in [0.25, 0.3) is 11.8 Å². The molecule has 6 nitrogen and oxygen atoms in total. The van der Waals surface area contributed by atoms with E-state index in [-0.39, 0.29) is 17.7 Å². The summed E-state index contributed by atoms with van der Waals surface area (Å²) in [6.07, 6.45) is 3.61. The lowest BCUT2D eigenvalue weighted by Crippen LogP contribution is -2.37. The van der Waals surface area contributed by atoms with Crippen LogP contribution in [0.25, 0.3) is 11.0 Å². The normalized spacial score (nSPS) is 14.5. The van der Waals surface area contributed by atoms with Gasteiger partial charge < -0.3 is 14.6 Å². The molecule has 0 spiro atoms. The smallest absolute Gasteiger partial charge is 0.289 e. The average molecular weight is 478 g/mol. The second kappa shape index (κ2) is 9.41. The fourth-order valence-electron chi connectivity index (χ4n) is 4.09. The van der Waals surface area contributed by atoms with Crippen molar-refractivity contribution in [1.82, 2.24) is 9.88 Å². The summed E-state index contributed by atoms with van der Waals surface area (Å²) in [5, 5.41) is 6.67. The first kappa shape index (κ1) is 21.7. The number of para-hydroxylation sites is 2. The van der Waals surface area contributed by atoms with Crippen molar-refractivity contribution in [3.63, 3.8) is 0 Å². The zero-order chi connectivity index (χ0) is 22.8. The highest BCUT2D eigenvalue weighted by Crippen LogP contribution is 2.32. The number of nitrogens with one attached hydrogen (secondary N) is 1. The van der Waals surface area contributed by atoms with E-state index in [0.29, 0.717) is 24.5 Å². The molecule has 0 unspecified atom stereocenters. The van der Waals surface area contributed by atoms with Crippen LogP contribution >= 0.6 is 23.1 Å². The molecule has 0 radical (unpaired) electrons. The molecule has 1 aliphatic heterocycles. The number of thioether (sulfide) groups is 1. The molecule has 0 saturated carbocycles. The van der Waals surface area contributed by atoms with Crippen LogP contribution in [-0.4, -0.2) is 41.0 Å². The predicted octanol–water partition coefficient (Wildman–Crippen LogP) is 5.88. The van der Waals surface area contributed by atoms with Crippen molar-refractivity contribution in [3.05, 3.63) is 76.4 Å². The van der Waals surface area contributed by atoms with E-state index in [1.165, 1.54) is 11.3 Å². The number of piperidine rings is 1. The number of thiazole rings is 1. The summed E-state index contributed by atoms with van der Waals surface area (Å²) < 4.78 is 5.74. The Kier molecular flexibility index (Phi) is 6.20. The van der Waals surface area contributed by atoms with Crippen LogP contribution in [-0.2, 0) is 0 Å². The summed E-state index contributed by atoms with van der Waals surface area (Å²) in [6.45, 7) is 1.28. The van der Waals surface area contributed by atoms with Gasteiger partial charge in [-0.3, -0.25) is 9.59 Å². The second-order valence-corrected chi connectivity index (χ2v) is 9.68. The van der Waals surface area contributed by atoms with E-state index < -0.39 is 0 Å². The molecule has 168 valence electrons. The molecule has 2 aromatic carbocycles. The van der Waals surface area contributed by atoms with Crippen molar-refractivity contribution in [2.75, 3.05) is 24.7 Å². The SMILES string of the molecule is CSc1ccccc1NC(=O)c1csc(C2CCN(C(=O)c3cc4ccccc4o3)CC2)n1. The van der Waals surface area contributed by atoms with Gasteiger partial charge in [0.1, 0.15) is 11.3 Å². The fraction of sp³-hybridized carbons (Fsp3) is 0.240. The van der Waals surface area contributed by atoms with Crippen LogP contribution in [0.15, 0.2) is 69.3 Å². The van der Waals surface area contributed by atoms with E-state index >= 15 is 0 Å². The minimum Gasteiger partial charge on any atom is -0.451 e. The third-order valence-electron chi connectivity index (χ3n) is 5.88. The molecule has 1 saturated heterocycles. The van der Waals surface area contributed by atoms with Gasteiger partial charge in [-0.1, -0.05) is 30.3 Å². The van der Waals surface area contributed by atoms with Gasteiger partial charge >= 0.3 is 0 Å². The number of carbonyl (C=O) groups excluding carboxylic acids is 2. The largest absolute Gasteiger partial charge is 0.451 e. The molecular weight excluding hydrogens is 454 g/mol. The molecular formula is C25H23N3O3S2. The molecule has 8 heteroatoms. The van der Waals surface area contributed by atoms with E-state index in [4.69, 9.17) is 4.42 Å². The van der Waals surface area contributed by atoms with Crippen LogP contribution in [0, 0.1) is 0 Å². The van der Waals surface area contributed by atoms with E-state index in [2.05, 4.69) is 10.3 Å². The van der Waals surface area contributed by atoms with Gasteiger partial charge in [-0.05, 0) is 43.4 Å². The first-order chi connectivity index (χ1) is 16.1. The van der Waals surface area contributed by atoms with Crippen LogP contribution in [0.3, 0.4) is 0 Å². The molecule has 0 atom stereocenters. The molecule has 0 bridgehead atoms. The van der Waals surface area contributed by atoms with Gasteiger partial charge in [-0.2, -0.15) is 0 Å². The number of benzene rings is 2. The predicted molar refractivity (Wildman–Crippen MR) is 132 cm³/mol. The monoisotopic (exact) mass is 477 g/mol. The Bertz CT molecular complexity index is 1270. The van der Waals surface area contributed by atoms with Crippen molar-refractivity contribution < 1.29 is 14.0 Å². The minimum absolute atomic E-state index is 0.0729. The quantitative estimate of drug-likeness (QED) is 0.363. The van der Waals surface area contributed by atoms with Crippen molar-refractivity contribution in [2.45, 2.75) is 23.7 Å². The average Bonchev–Trinajstić information content (AvgIpc) is 3.52. The molecule has 4 aromatic rings. The van der Waals surface area contributed by atoms with Crippen molar-refractivity contribution >= 4 is 51.6 Å². The number of aromatic nitrogens is 1. The molecule has 1 fully saturated rings. The minimum atomic E-state index is -0.198. The number of furan rings is 1. The third kappa shape index (κ3) is 4.54. The van der Waals surface area contributed by atoms with Crippen molar-refractivity contribution in [1.29, 1.82) is 0 Å². The van der Waals surface area contributed by atoms with Gasteiger partial charge in [0, 0.05) is 34.7 Å². The first-order valence-corrected chi connectivity index (χ1v) is 12.9. The van der Waals surface area contributed by atoms with Crippen LogP contribution in [0.5, 0.6) is 0 Å². The maximum atomic E-state index is 12.9. The molecule has 0 aliphatic carbocycles. The van der Waals surface area contributed by atoms with Crippen molar-refractivity contribution in [2.24, 2.45) is 0 Å². The summed E-state index contributed by atoms with van der Waals surface area (Å²) >= 11 is 3.11. The Balaban J connectivity index is 1.21. The Morgan fingerprint density at radius 2 is 1.88 bits per heavy atom. The molecule has 1 aliphatic rings. The van der Waals surface area contributed by atoms with Crippen molar-refractivity contribution in [3.8, 4) is 0 Å². The van der Waals surface area contributed by atoms with Crippen LogP contribution in [0.1, 0.15) is 44.8 Å². The zero-order valence-corrected chi connectivity index (χ0v) is 19.7. The van der Waals surface area contributed by atoms with Gasteiger partial charge in [0.15, 0.2) is 5.76 Å². The summed E-state index contributed by atoms with van der Waals surface area (Å²) in [6, 6.07) is 17.2. The summed E-state index contributed by atoms with van der Waals surface area (Å²) in [7, 11) is 0. The van der Waals surface area contributed by atoms with Crippen LogP contribution in [0.2, 0.25) is 0 Å². The van der Waals surface area contributed by atoms with E-state index in [9.17, 15) is 9.59 Å². The summed E-state index contributed by atoms with van der Waals surface area (Å²) in [5.41, 5.74) is 1.96. The summed E-state index contributed by atoms with van der Waals surface area (Å²) in [5.74, 6) is 0.357. The van der Waals surface area contributed by atoms with E-state index in [0.717, 1.165) is 39.4 Å². The number of carbonyl (C=O) groups is 2. The Morgan fingerprint density at radius 3 is 2.67 bits per heavy atom. The number of anilines is 1. The van der Waals surface area contributed by atoms with Gasteiger partial charge in [0.05, 0.1) is 10.7 Å². The van der Waals surface area contributed by atoms with Crippen LogP contribution < -0.4 is 5.32 Å². The highest BCUT2D eigenvalue weighted by molar-refractivity contribution is 7.98.